The van der Waals surface area contributed by atoms with E-state index in [0.29, 0.717) is 0 Å². The highest BCUT2D eigenvalue weighted by molar-refractivity contribution is 9.09. The van der Waals surface area contributed by atoms with Crippen molar-refractivity contribution in [1.82, 2.24) is 0 Å². The van der Waals surface area contributed by atoms with Crippen LogP contribution in [0.15, 0.2) is 24.3 Å². The molecule has 1 unspecified atom stereocenters. The third-order valence-electron chi connectivity index (χ3n) is 2.53. The lowest BCUT2D eigenvalue weighted by Crippen LogP contribution is -2.07. The fraction of sp³-hybridized carbons (Fsp3) is 0.538. The highest BCUT2D eigenvalue weighted by Crippen LogP contribution is 2.19. The van der Waals surface area contributed by atoms with Gasteiger partial charge in [0.25, 0.3) is 0 Å². The lowest BCUT2D eigenvalue weighted by atomic mass is 9.99. The van der Waals surface area contributed by atoms with Gasteiger partial charge in [0.1, 0.15) is 0 Å². The Balaban J connectivity index is 2.40. The molecule has 0 spiro atoms. The molecule has 0 aliphatic carbocycles. The van der Waals surface area contributed by atoms with Crippen LogP contribution in [0.25, 0.3) is 0 Å². The zero-order valence-corrected chi connectivity index (χ0v) is 12.7. The Morgan fingerprint density at radius 3 is 2.56 bits per heavy atom. The minimum atomic E-state index is 0.736. The topological polar surface area (TPSA) is 0 Å². The second kappa shape index (κ2) is 8.43. The summed E-state index contributed by atoms with van der Waals surface area (Å²) < 4.78 is 0. The van der Waals surface area contributed by atoms with Crippen molar-refractivity contribution in [1.29, 1.82) is 0 Å². The fourth-order valence-corrected chi connectivity index (χ4v) is 3.05. The predicted octanol–water partition coefficient (Wildman–Crippen LogP) is 5.04. The molecule has 1 atom stereocenters. The monoisotopic (exact) mass is 320 g/mol. The molecule has 0 N–H and O–H groups in total. The maximum absolute atomic E-state index is 5.87. The molecule has 0 aliphatic rings. The SMILES string of the molecule is CCSCCC(CBr)Cc1ccc(Cl)cc1. The van der Waals surface area contributed by atoms with E-state index in [1.165, 1.54) is 23.5 Å². The molecular formula is C13H18BrClS. The van der Waals surface area contributed by atoms with Gasteiger partial charge >= 0.3 is 0 Å². The first kappa shape index (κ1) is 14.4. The lowest BCUT2D eigenvalue weighted by molar-refractivity contribution is 0.579. The number of rotatable bonds is 7. The standard InChI is InChI=1S/C13H18BrClS/c1-2-16-8-7-12(10-14)9-11-3-5-13(15)6-4-11/h3-6,12H,2,7-10H2,1H3. The molecule has 0 bridgehead atoms. The molecule has 0 fully saturated rings. The highest BCUT2D eigenvalue weighted by atomic mass is 79.9. The van der Waals surface area contributed by atoms with Crippen molar-refractivity contribution in [2.24, 2.45) is 5.92 Å². The zero-order chi connectivity index (χ0) is 11.8. The Bertz CT molecular complexity index is 286. The van der Waals surface area contributed by atoms with E-state index in [9.17, 15) is 0 Å². The van der Waals surface area contributed by atoms with E-state index in [1.54, 1.807) is 0 Å². The van der Waals surface area contributed by atoms with Gasteiger partial charge < -0.3 is 0 Å². The molecule has 0 amide bonds. The Labute approximate surface area is 116 Å². The van der Waals surface area contributed by atoms with Gasteiger partial charge in [0.2, 0.25) is 0 Å². The van der Waals surface area contributed by atoms with Gasteiger partial charge in [0, 0.05) is 10.4 Å². The van der Waals surface area contributed by atoms with Crippen LogP contribution in [-0.4, -0.2) is 16.8 Å². The molecule has 0 aromatic heterocycles. The van der Waals surface area contributed by atoms with E-state index < -0.39 is 0 Å². The normalized spacial score (nSPS) is 12.7. The smallest absolute Gasteiger partial charge is 0.0406 e. The third kappa shape index (κ3) is 5.60. The van der Waals surface area contributed by atoms with Crippen molar-refractivity contribution < 1.29 is 0 Å². The molecule has 16 heavy (non-hydrogen) atoms. The molecule has 0 radical (unpaired) electrons. The van der Waals surface area contributed by atoms with Gasteiger partial charge in [-0.1, -0.05) is 46.6 Å². The first-order chi connectivity index (χ1) is 7.76. The Kier molecular flexibility index (Phi) is 7.59. The summed E-state index contributed by atoms with van der Waals surface area (Å²) in [6.07, 6.45) is 2.43. The third-order valence-corrected chi connectivity index (χ3v) is 4.63. The van der Waals surface area contributed by atoms with Gasteiger partial charge in [-0.3, -0.25) is 0 Å². The molecule has 0 nitrogen and oxygen atoms in total. The minimum absolute atomic E-state index is 0.736. The van der Waals surface area contributed by atoms with E-state index in [4.69, 9.17) is 11.6 Å². The molecule has 0 saturated carbocycles. The van der Waals surface area contributed by atoms with Gasteiger partial charge in [-0.15, -0.1) is 0 Å². The Morgan fingerprint density at radius 1 is 1.31 bits per heavy atom. The van der Waals surface area contributed by atoms with Crippen molar-refractivity contribution in [2.75, 3.05) is 16.8 Å². The molecular weight excluding hydrogens is 304 g/mol. The first-order valence-electron chi connectivity index (χ1n) is 5.64. The Hall–Kier alpha value is 0.340. The van der Waals surface area contributed by atoms with Crippen molar-refractivity contribution in [3.63, 3.8) is 0 Å². The van der Waals surface area contributed by atoms with E-state index in [0.717, 1.165) is 22.7 Å². The molecule has 1 aromatic carbocycles. The van der Waals surface area contributed by atoms with Crippen LogP contribution < -0.4 is 0 Å². The van der Waals surface area contributed by atoms with Crippen LogP contribution in [-0.2, 0) is 6.42 Å². The average Bonchev–Trinajstić information content (AvgIpc) is 2.31. The number of halogens is 2. The highest BCUT2D eigenvalue weighted by Gasteiger charge is 2.08. The predicted molar refractivity (Wildman–Crippen MR) is 80.1 cm³/mol. The second-order valence-corrected chi connectivity index (χ2v) is 6.31. The van der Waals surface area contributed by atoms with Crippen LogP contribution >= 0.6 is 39.3 Å². The molecule has 3 heteroatoms. The molecule has 0 heterocycles. The molecule has 1 aromatic rings. The summed E-state index contributed by atoms with van der Waals surface area (Å²) in [6.45, 7) is 2.22. The van der Waals surface area contributed by atoms with E-state index in [-0.39, 0.29) is 0 Å². The van der Waals surface area contributed by atoms with Crippen LogP contribution in [0.1, 0.15) is 18.9 Å². The molecule has 1 rings (SSSR count). The van der Waals surface area contributed by atoms with Gasteiger partial charge in [-0.25, -0.2) is 0 Å². The van der Waals surface area contributed by atoms with E-state index in [1.807, 2.05) is 23.9 Å². The van der Waals surface area contributed by atoms with Crippen LogP contribution in [0.2, 0.25) is 5.02 Å². The first-order valence-corrected chi connectivity index (χ1v) is 8.29. The maximum atomic E-state index is 5.87. The van der Waals surface area contributed by atoms with Gasteiger partial charge in [0.05, 0.1) is 0 Å². The quantitative estimate of drug-likeness (QED) is 0.501. The van der Waals surface area contributed by atoms with Gasteiger partial charge in [-0.2, -0.15) is 11.8 Å². The van der Waals surface area contributed by atoms with Crippen molar-refractivity contribution in [3.05, 3.63) is 34.9 Å². The number of benzene rings is 1. The van der Waals surface area contributed by atoms with Crippen LogP contribution in [0.4, 0.5) is 0 Å². The van der Waals surface area contributed by atoms with Gasteiger partial charge in [0.15, 0.2) is 0 Å². The maximum Gasteiger partial charge on any atom is 0.0406 e. The second-order valence-electron chi connectivity index (χ2n) is 3.84. The number of hydrogen-bond donors (Lipinski definition) is 0. The Morgan fingerprint density at radius 2 is 2.00 bits per heavy atom. The summed E-state index contributed by atoms with van der Waals surface area (Å²) in [7, 11) is 0. The van der Waals surface area contributed by atoms with Gasteiger partial charge in [-0.05, 0) is 48.0 Å². The summed E-state index contributed by atoms with van der Waals surface area (Å²) in [5.74, 6) is 3.22. The van der Waals surface area contributed by atoms with Crippen molar-refractivity contribution >= 4 is 39.3 Å². The summed E-state index contributed by atoms with van der Waals surface area (Å²) in [6, 6.07) is 8.21. The average molecular weight is 322 g/mol. The molecule has 0 aliphatic heterocycles. The van der Waals surface area contributed by atoms with E-state index in [2.05, 4.69) is 35.0 Å². The summed E-state index contributed by atoms with van der Waals surface area (Å²) >= 11 is 11.5. The van der Waals surface area contributed by atoms with E-state index >= 15 is 0 Å². The summed E-state index contributed by atoms with van der Waals surface area (Å²) in [5, 5.41) is 1.90. The minimum Gasteiger partial charge on any atom is -0.162 e. The van der Waals surface area contributed by atoms with Crippen LogP contribution in [0.5, 0.6) is 0 Å². The zero-order valence-electron chi connectivity index (χ0n) is 9.59. The summed E-state index contributed by atoms with van der Waals surface area (Å²) in [4.78, 5) is 0. The largest absolute Gasteiger partial charge is 0.162 e. The molecule has 90 valence electrons. The lowest BCUT2D eigenvalue weighted by Gasteiger charge is -2.13. The molecule has 0 saturated heterocycles. The van der Waals surface area contributed by atoms with Crippen molar-refractivity contribution in [3.8, 4) is 0 Å². The number of thioether (sulfide) groups is 1. The van der Waals surface area contributed by atoms with Crippen LogP contribution in [0.3, 0.4) is 0 Å². The van der Waals surface area contributed by atoms with Crippen molar-refractivity contribution in [2.45, 2.75) is 19.8 Å². The fourth-order valence-electron chi connectivity index (χ4n) is 1.58. The number of hydrogen-bond acceptors (Lipinski definition) is 1. The van der Waals surface area contributed by atoms with Crippen LogP contribution in [0, 0.1) is 5.92 Å². The number of alkyl halides is 1. The summed E-state index contributed by atoms with van der Waals surface area (Å²) in [5.41, 5.74) is 1.38.